The number of pyridine rings is 1. The lowest BCUT2D eigenvalue weighted by Gasteiger charge is -2.32. The number of carbonyl (C=O) groups excluding carboxylic acids is 1. The molecule has 0 atom stereocenters. The van der Waals surface area contributed by atoms with Crippen molar-refractivity contribution in [1.29, 1.82) is 0 Å². The Hall–Kier alpha value is -3.09. The molecule has 3 aromatic rings. The van der Waals surface area contributed by atoms with Gasteiger partial charge in [-0.05, 0) is 53.9 Å². The summed E-state index contributed by atoms with van der Waals surface area (Å²) in [6.07, 6.45) is 1.87. The van der Waals surface area contributed by atoms with E-state index in [4.69, 9.17) is 21.3 Å². The summed E-state index contributed by atoms with van der Waals surface area (Å²) in [7, 11) is 0. The highest BCUT2D eigenvalue weighted by molar-refractivity contribution is 6.30. The number of anilines is 2. The van der Waals surface area contributed by atoms with Crippen LogP contribution in [0.2, 0.25) is 5.02 Å². The fraction of sp³-hybridized carbons (Fsp3) is 0.308. The van der Waals surface area contributed by atoms with Gasteiger partial charge in [-0.2, -0.15) is 0 Å². The number of nitrogens with zero attached hydrogens (tertiary/aromatic N) is 3. The fourth-order valence-corrected chi connectivity index (χ4v) is 4.57. The maximum absolute atomic E-state index is 13.0. The van der Waals surface area contributed by atoms with Gasteiger partial charge in [0.2, 0.25) is 0 Å². The number of hydrogen-bond donors (Lipinski definition) is 1. The van der Waals surface area contributed by atoms with Crippen LogP contribution in [0.3, 0.4) is 0 Å². The number of rotatable bonds is 4. The van der Waals surface area contributed by atoms with Gasteiger partial charge in [0.25, 0.3) is 5.91 Å². The second-order valence-corrected chi connectivity index (χ2v) is 8.93. The van der Waals surface area contributed by atoms with Gasteiger partial charge in [0.15, 0.2) is 0 Å². The monoisotopic (exact) mass is 462 g/mol. The Bertz CT molecular complexity index is 1180. The maximum Gasteiger partial charge on any atom is 0.254 e. The summed E-state index contributed by atoms with van der Waals surface area (Å²) in [5.41, 5.74) is 6.15. The van der Waals surface area contributed by atoms with E-state index in [1.165, 1.54) is 11.1 Å². The molecule has 0 saturated carbocycles. The average molecular weight is 463 g/mol. The van der Waals surface area contributed by atoms with E-state index in [0.717, 1.165) is 47.3 Å². The molecular weight excluding hydrogens is 436 g/mol. The van der Waals surface area contributed by atoms with Gasteiger partial charge in [-0.1, -0.05) is 29.8 Å². The van der Waals surface area contributed by atoms with E-state index in [9.17, 15) is 4.79 Å². The molecule has 1 fully saturated rings. The zero-order valence-electron chi connectivity index (χ0n) is 18.7. The minimum atomic E-state index is 0.0470. The van der Waals surface area contributed by atoms with E-state index in [1.54, 1.807) is 0 Å². The first-order valence-electron chi connectivity index (χ1n) is 11.3. The van der Waals surface area contributed by atoms with Crippen molar-refractivity contribution < 1.29 is 9.53 Å². The molecule has 0 aliphatic carbocycles. The molecule has 2 aliphatic rings. The zero-order valence-corrected chi connectivity index (χ0v) is 19.4. The van der Waals surface area contributed by atoms with Gasteiger partial charge < -0.3 is 19.9 Å². The lowest BCUT2D eigenvalue weighted by atomic mass is 10.0. The highest BCUT2D eigenvalue weighted by Gasteiger charge is 2.21. The van der Waals surface area contributed by atoms with Crippen LogP contribution in [0.25, 0.3) is 11.1 Å². The van der Waals surface area contributed by atoms with Gasteiger partial charge in [0.1, 0.15) is 5.82 Å². The van der Waals surface area contributed by atoms with Crippen LogP contribution in [0.15, 0.2) is 54.7 Å². The molecule has 1 aromatic heterocycles. The van der Waals surface area contributed by atoms with Crippen molar-refractivity contribution in [2.75, 3.05) is 49.6 Å². The third-order valence-electron chi connectivity index (χ3n) is 6.30. The van der Waals surface area contributed by atoms with Crippen molar-refractivity contribution in [3.63, 3.8) is 0 Å². The first-order valence-corrected chi connectivity index (χ1v) is 11.7. The molecule has 2 aliphatic heterocycles. The Morgan fingerprint density at radius 3 is 2.79 bits per heavy atom. The van der Waals surface area contributed by atoms with Crippen LogP contribution in [-0.2, 0) is 11.3 Å². The van der Waals surface area contributed by atoms with Gasteiger partial charge >= 0.3 is 0 Å². The van der Waals surface area contributed by atoms with Crippen LogP contribution < -0.4 is 10.2 Å². The number of benzene rings is 2. The summed E-state index contributed by atoms with van der Waals surface area (Å²) >= 11 is 6.26. The van der Waals surface area contributed by atoms with E-state index in [0.29, 0.717) is 31.9 Å². The van der Waals surface area contributed by atoms with Gasteiger partial charge in [-0.15, -0.1) is 0 Å². The molecule has 33 heavy (non-hydrogen) atoms. The standard InChI is InChI=1S/C26H27ClN4O2/c1-18-5-6-23(27)14-22(18)17-31-8-7-28-25-24(31)15-21(16-29-25)19-3-2-4-20(13-19)26(32)30-9-11-33-12-10-30/h2-6,13-16H,7-12,17H2,1H3,(H,28,29). The predicted octanol–water partition coefficient (Wildman–Crippen LogP) is 4.61. The zero-order chi connectivity index (χ0) is 22.8. The second-order valence-electron chi connectivity index (χ2n) is 8.50. The number of morpholine rings is 1. The van der Waals surface area contributed by atoms with Crippen molar-refractivity contribution in [2.45, 2.75) is 13.5 Å². The van der Waals surface area contributed by atoms with Gasteiger partial charge in [-0.3, -0.25) is 4.79 Å². The SMILES string of the molecule is Cc1ccc(Cl)cc1CN1CCNc2ncc(-c3cccc(C(=O)N4CCOCC4)c3)cc21. The van der Waals surface area contributed by atoms with Gasteiger partial charge in [0.05, 0.1) is 18.9 Å². The van der Waals surface area contributed by atoms with E-state index >= 15 is 0 Å². The largest absolute Gasteiger partial charge is 0.378 e. The van der Waals surface area contributed by atoms with E-state index in [1.807, 2.05) is 47.5 Å². The first kappa shape index (κ1) is 21.7. The van der Waals surface area contributed by atoms with Crippen molar-refractivity contribution in [3.05, 3.63) is 76.4 Å². The third-order valence-corrected chi connectivity index (χ3v) is 6.53. The summed E-state index contributed by atoms with van der Waals surface area (Å²) in [6, 6.07) is 16.0. The lowest BCUT2D eigenvalue weighted by molar-refractivity contribution is 0.0303. The minimum Gasteiger partial charge on any atom is -0.378 e. The molecule has 6 nitrogen and oxygen atoms in total. The van der Waals surface area contributed by atoms with Gasteiger partial charge in [-0.25, -0.2) is 4.98 Å². The normalized spacial score (nSPS) is 15.7. The molecule has 7 heteroatoms. The van der Waals surface area contributed by atoms with E-state index in [-0.39, 0.29) is 5.91 Å². The molecule has 0 unspecified atom stereocenters. The van der Waals surface area contributed by atoms with E-state index < -0.39 is 0 Å². The molecule has 0 spiro atoms. The quantitative estimate of drug-likeness (QED) is 0.613. The Balaban J connectivity index is 1.43. The van der Waals surface area contributed by atoms with E-state index in [2.05, 4.69) is 29.3 Å². The number of aromatic nitrogens is 1. The summed E-state index contributed by atoms with van der Waals surface area (Å²) in [5.74, 6) is 0.927. The minimum absolute atomic E-state index is 0.0470. The van der Waals surface area contributed by atoms with Crippen molar-refractivity contribution in [2.24, 2.45) is 0 Å². The second kappa shape index (κ2) is 9.41. The predicted molar refractivity (Wildman–Crippen MR) is 132 cm³/mol. The molecule has 0 radical (unpaired) electrons. The molecule has 2 aromatic carbocycles. The van der Waals surface area contributed by atoms with Crippen LogP contribution >= 0.6 is 11.6 Å². The lowest BCUT2D eigenvalue weighted by Crippen LogP contribution is -2.40. The molecule has 1 saturated heterocycles. The number of amides is 1. The molecular formula is C26H27ClN4O2. The van der Waals surface area contributed by atoms with Crippen LogP contribution in [0, 0.1) is 6.92 Å². The first-order chi connectivity index (χ1) is 16.1. The van der Waals surface area contributed by atoms with Crippen LogP contribution in [-0.4, -0.2) is 55.2 Å². The fourth-order valence-electron chi connectivity index (χ4n) is 4.38. The molecule has 1 amide bonds. The number of ether oxygens (including phenoxy) is 1. The maximum atomic E-state index is 13.0. The third kappa shape index (κ3) is 4.68. The van der Waals surface area contributed by atoms with Crippen LogP contribution in [0.1, 0.15) is 21.5 Å². The Labute approximate surface area is 199 Å². The number of halogens is 1. The topological polar surface area (TPSA) is 57.7 Å². The summed E-state index contributed by atoms with van der Waals surface area (Å²) < 4.78 is 5.38. The summed E-state index contributed by atoms with van der Waals surface area (Å²) in [5, 5.41) is 4.15. The number of hydrogen-bond acceptors (Lipinski definition) is 5. The Morgan fingerprint density at radius 1 is 1.09 bits per heavy atom. The number of aryl methyl sites for hydroxylation is 1. The highest BCUT2D eigenvalue weighted by atomic mass is 35.5. The summed E-state index contributed by atoms with van der Waals surface area (Å²) in [6.45, 7) is 7.04. The van der Waals surface area contributed by atoms with Crippen LogP contribution in [0.5, 0.6) is 0 Å². The van der Waals surface area contributed by atoms with Crippen molar-refractivity contribution >= 4 is 29.0 Å². The highest BCUT2D eigenvalue weighted by Crippen LogP contribution is 2.33. The van der Waals surface area contributed by atoms with Crippen LogP contribution in [0.4, 0.5) is 11.5 Å². The number of carbonyl (C=O) groups is 1. The molecule has 0 bridgehead atoms. The molecule has 5 rings (SSSR count). The Morgan fingerprint density at radius 2 is 1.94 bits per heavy atom. The Kier molecular flexibility index (Phi) is 6.20. The number of nitrogens with one attached hydrogen (secondary N) is 1. The molecule has 3 heterocycles. The average Bonchev–Trinajstić information content (AvgIpc) is 2.86. The molecule has 170 valence electrons. The van der Waals surface area contributed by atoms with Crippen molar-refractivity contribution in [1.82, 2.24) is 9.88 Å². The smallest absolute Gasteiger partial charge is 0.254 e. The molecule has 1 N–H and O–H groups in total. The van der Waals surface area contributed by atoms with Gasteiger partial charge in [0, 0.05) is 55.1 Å². The number of fused-ring (bicyclic) bond motifs is 1. The van der Waals surface area contributed by atoms with Crippen molar-refractivity contribution in [3.8, 4) is 11.1 Å². The summed E-state index contributed by atoms with van der Waals surface area (Å²) in [4.78, 5) is 21.8.